The first-order valence-electron chi connectivity index (χ1n) is 11.9. The smallest absolute Gasteiger partial charge is 0.260 e. The maximum atomic E-state index is 15.7. The number of halogens is 1. The van der Waals surface area contributed by atoms with Gasteiger partial charge in [0.05, 0.1) is 32.6 Å². The van der Waals surface area contributed by atoms with E-state index in [0.717, 1.165) is 50.5 Å². The Morgan fingerprint density at radius 1 is 0.944 bits per heavy atom. The number of rotatable bonds is 5. The van der Waals surface area contributed by atoms with Crippen molar-refractivity contribution in [1.82, 2.24) is 14.7 Å². The summed E-state index contributed by atoms with van der Waals surface area (Å²) >= 11 is 0. The molecule has 3 heterocycles. The molecule has 2 aromatic heterocycles. The summed E-state index contributed by atoms with van der Waals surface area (Å²) in [6.07, 6.45) is 0.506. The second-order valence-electron chi connectivity index (χ2n) is 9.35. The second-order valence-corrected chi connectivity index (χ2v) is 9.35. The van der Waals surface area contributed by atoms with Crippen molar-refractivity contribution < 1.29 is 23.1 Å². The summed E-state index contributed by atoms with van der Waals surface area (Å²) < 4.78 is 40.2. The standard InChI is InChI=1S/C28H30FN3O4/c1-13-9-18(10-14(2)26(13)34-7)22-16(4)32-15(3)11-19-20(12-21(33-6)27(35-8)24(19)29)25(32)23(22)28-30-17(5)31-36-28/h9-10,12,15H,11H2,1-8H3. The minimum atomic E-state index is -0.408. The topological polar surface area (TPSA) is 71.5 Å². The average molecular weight is 492 g/mol. The lowest BCUT2D eigenvalue weighted by atomic mass is 9.90. The molecule has 1 atom stereocenters. The molecule has 0 saturated carbocycles. The fourth-order valence-corrected chi connectivity index (χ4v) is 5.69. The van der Waals surface area contributed by atoms with Crippen LogP contribution in [0, 0.1) is 33.5 Å². The third-order valence-electron chi connectivity index (χ3n) is 7.05. The third kappa shape index (κ3) is 3.38. The zero-order chi connectivity index (χ0) is 25.9. The van der Waals surface area contributed by atoms with Crippen LogP contribution in [0.4, 0.5) is 4.39 Å². The number of ether oxygens (including phenoxy) is 3. The highest BCUT2D eigenvalue weighted by molar-refractivity contribution is 5.95. The van der Waals surface area contributed by atoms with E-state index in [1.807, 2.05) is 19.9 Å². The summed E-state index contributed by atoms with van der Waals surface area (Å²) in [5.74, 6) is 1.80. The Hall–Kier alpha value is -3.81. The fraction of sp³-hybridized carbons (Fsp3) is 0.357. The summed E-state index contributed by atoms with van der Waals surface area (Å²) in [7, 11) is 4.64. The minimum absolute atomic E-state index is 0.0166. The van der Waals surface area contributed by atoms with Crippen LogP contribution in [-0.4, -0.2) is 36.0 Å². The summed E-state index contributed by atoms with van der Waals surface area (Å²) in [4.78, 5) is 4.60. The molecule has 8 heteroatoms. The van der Waals surface area contributed by atoms with Crippen LogP contribution in [0.25, 0.3) is 33.8 Å². The Kier molecular flexibility index (Phi) is 5.77. The van der Waals surface area contributed by atoms with Crippen LogP contribution in [0.5, 0.6) is 17.2 Å². The number of aromatic nitrogens is 3. The third-order valence-corrected chi connectivity index (χ3v) is 7.05. The molecule has 0 radical (unpaired) electrons. The molecule has 0 fully saturated rings. The molecule has 1 aliphatic heterocycles. The van der Waals surface area contributed by atoms with Gasteiger partial charge in [-0.3, -0.25) is 0 Å². The number of benzene rings is 2. The quantitative estimate of drug-likeness (QED) is 0.322. The van der Waals surface area contributed by atoms with Gasteiger partial charge in [0.25, 0.3) is 5.89 Å². The SMILES string of the molecule is COc1cc2c(c(F)c1OC)CC(C)n1c(C)c(-c3cc(C)c(OC)c(C)c3)c(-c3nc(C)no3)c1-2. The first-order chi connectivity index (χ1) is 17.2. The summed E-state index contributed by atoms with van der Waals surface area (Å²) in [6, 6.07) is 6.04. The molecule has 0 saturated heterocycles. The second kappa shape index (κ2) is 8.69. The molecule has 5 rings (SSSR count). The Morgan fingerprint density at radius 2 is 1.61 bits per heavy atom. The van der Waals surface area contributed by atoms with E-state index in [0.29, 0.717) is 29.4 Å². The van der Waals surface area contributed by atoms with Gasteiger partial charge in [0.15, 0.2) is 23.1 Å². The highest BCUT2D eigenvalue weighted by atomic mass is 19.1. The van der Waals surface area contributed by atoms with Crippen molar-refractivity contribution in [2.75, 3.05) is 21.3 Å². The minimum Gasteiger partial charge on any atom is -0.496 e. The van der Waals surface area contributed by atoms with Crippen LogP contribution < -0.4 is 14.2 Å². The molecule has 0 bridgehead atoms. The molecular formula is C28H30FN3O4. The van der Waals surface area contributed by atoms with Gasteiger partial charge in [-0.05, 0) is 75.9 Å². The van der Waals surface area contributed by atoms with E-state index in [4.69, 9.17) is 18.7 Å². The highest BCUT2D eigenvalue weighted by Gasteiger charge is 2.36. The molecule has 1 unspecified atom stereocenters. The lowest BCUT2D eigenvalue weighted by molar-refractivity contribution is 0.334. The zero-order valence-electron chi connectivity index (χ0n) is 21.9. The van der Waals surface area contributed by atoms with E-state index < -0.39 is 5.82 Å². The van der Waals surface area contributed by atoms with Crippen molar-refractivity contribution in [3.05, 3.63) is 52.2 Å². The van der Waals surface area contributed by atoms with E-state index in [9.17, 15) is 0 Å². The largest absolute Gasteiger partial charge is 0.496 e. The molecule has 188 valence electrons. The van der Waals surface area contributed by atoms with E-state index in [-0.39, 0.29) is 11.8 Å². The van der Waals surface area contributed by atoms with Gasteiger partial charge in [-0.25, -0.2) is 4.39 Å². The number of hydrogen-bond donors (Lipinski definition) is 0. The van der Waals surface area contributed by atoms with Crippen molar-refractivity contribution in [1.29, 1.82) is 0 Å². The van der Waals surface area contributed by atoms with Crippen molar-refractivity contribution >= 4 is 0 Å². The molecule has 4 aromatic rings. The maximum absolute atomic E-state index is 15.7. The van der Waals surface area contributed by atoms with Crippen LogP contribution >= 0.6 is 0 Å². The van der Waals surface area contributed by atoms with Gasteiger partial charge < -0.3 is 23.3 Å². The number of hydrogen-bond acceptors (Lipinski definition) is 6. The fourth-order valence-electron chi connectivity index (χ4n) is 5.69. The summed E-state index contributed by atoms with van der Waals surface area (Å²) in [5, 5.41) is 4.07. The number of methoxy groups -OCH3 is 3. The molecule has 7 nitrogen and oxygen atoms in total. The van der Waals surface area contributed by atoms with Gasteiger partial charge >= 0.3 is 0 Å². The Bertz CT molecular complexity index is 1480. The number of aryl methyl sites for hydroxylation is 3. The predicted molar refractivity (Wildman–Crippen MR) is 136 cm³/mol. The lowest BCUT2D eigenvalue weighted by Crippen LogP contribution is -2.19. The van der Waals surface area contributed by atoms with Gasteiger partial charge in [0.2, 0.25) is 0 Å². The van der Waals surface area contributed by atoms with Crippen molar-refractivity contribution in [2.45, 2.75) is 47.1 Å². The van der Waals surface area contributed by atoms with E-state index in [2.05, 4.69) is 40.7 Å². The zero-order valence-corrected chi connectivity index (χ0v) is 21.9. The predicted octanol–water partition coefficient (Wildman–Crippen LogP) is 6.39. The molecule has 0 spiro atoms. The van der Waals surface area contributed by atoms with Gasteiger partial charge in [-0.1, -0.05) is 5.16 Å². The van der Waals surface area contributed by atoms with E-state index >= 15 is 4.39 Å². The Morgan fingerprint density at radius 3 is 2.17 bits per heavy atom. The van der Waals surface area contributed by atoms with Gasteiger partial charge in [0.1, 0.15) is 5.75 Å². The van der Waals surface area contributed by atoms with Gasteiger partial charge in [-0.15, -0.1) is 0 Å². The van der Waals surface area contributed by atoms with Crippen molar-refractivity contribution in [3.8, 4) is 51.1 Å². The Labute approximate surface area is 209 Å². The van der Waals surface area contributed by atoms with Crippen LogP contribution in [0.15, 0.2) is 22.7 Å². The van der Waals surface area contributed by atoms with Gasteiger partial charge in [0, 0.05) is 28.4 Å². The summed E-state index contributed by atoms with van der Waals surface area (Å²) in [6.45, 7) is 10.0. The van der Waals surface area contributed by atoms with Crippen LogP contribution in [0.2, 0.25) is 0 Å². The maximum Gasteiger partial charge on any atom is 0.260 e. The molecule has 0 aliphatic carbocycles. The monoisotopic (exact) mass is 491 g/mol. The molecule has 0 amide bonds. The lowest BCUT2D eigenvalue weighted by Gasteiger charge is -2.29. The summed E-state index contributed by atoms with van der Waals surface area (Å²) in [5.41, 5.74) is 7.96. The Balaban J connectivity index is 1.92. The first kappa shape index (κ1) is 23.9. The van der Waals surface area contributed by atoms with Crippen LogP contribution in [0.3, 0.4) is 0 Å². The van der Waals surface area contributed by atoms with E-state index in [1.54, 1.807) is 14.0 Å². The highest BCUT2D eigenvalue weighted by Crippen LogP contribution is 2.52. The molecule has 1 aliphatic rings. The first-order valence-corrected chi connectivity index (χ1v) is 11.9. The van der Waals surface area contributed by atoms with Crippen molar-refractivity contribution in [3.63, 3.8) is 0 Å². The van der Waals surface area contributed by atoms with Crippen LogP contribution in [0.1, 0.15) is 41.2 Å². The van der Waals surface area contributed by atoms with Gasteiger partial charge in [-0.2, -0.15) is 4.98 Å². The molecule has 2 aromatic carbocycles. The number of nitrogens with zero attached hydrogens (tertiary/aromatic N) is 3. The van der Waals surface area contributed by atoms with E-state index in [1.165, 1.54) is 14.2 Å². The molecule has 36 heavy (non-hydrogen) atoms. The van der Waals surface area contributed by atoms with Crippen molar-refractivity contribution in [2.24, 2.45) is 0 Å². The normalized spacial score (nSPS) is 14.4. The number of fused-ring (bicyclic) bond motifs is 3. The molecular weight excluding hydrogens is 461 g/mol. The molecule has 0 N–H and O–H groups in total. The average Bonchev–Trinajstić information content (AvgIpc) is 3.40. The van der Waals surface area contributed by atoms with Crippen LogP contribution in [-0.2, 0) is 6.42 Å².